The van der Waals surface area contributed by atoms with E-state index in [1.165, 1.54) is 23.8 Å². The van der Waals surface area contributed by atoms with Crippen LogP contribution in [-0.2, 0) is 5.41 Å². The molecule has 0 saturated heterocycles. The van der Waals surface area contributed by atoms with E-state index in [-0.39, 0.29) is 11.1 Å². The van der Waals surface area contributed by atoms with Crippen LogP contribution in [-0.4, -0.2) is 17.0 Å². The van der Waals surface area contributed by atoms with Crippen molar-refractivity contribution in [2.24, 2.45) is 5.10 Å². The monoisotopic (exact) mass is 339 g/mol. The maximum atomic E-state index is 12.1. The lowest BCUT2D eigenvalue weighted by atomic mass is 9.87. The van der Waals surface area contributed by atoms with Gasteiger partial charge in [0.1, 0.15) is 0 Å². The van der Waals surface area contributed by atoms with Crippen molar-refractivity contribution < 1.29 is 9.72 Å². The van der Waals surface area contributed by atoms with Gasteiger partial charge in [-0.25, -0.2) is 5.43 Å². The van der Waals surface area contributed by atoms with Crippen LogP contribution in [0, 0.1) is 17.0 Å². The van der Waals surface area contributed by atoms with Crippen molar-refractivity contribution in [2.75, 3.05) is 0 Å². The molecule has 0 aliphatic heterocycles. The van der Waals surface area contributed by atoms with E-state index in [1.807, 2.05) is 24.3 Å². The topological polar surface area (TPSA) is 84.6 Å². The normalized spacial score (nSPS) is 11.5. The highest BCUT2D eigenvalue weighted by molar-refractivity contribution is 5.95. The highest BCUT2D eigenvalue weighted by atomic mass is 16.6. The van der Waals surface area contributed by atoms with Gasteiger partial charge in [0, 0.05) is 17.2 Å². The molecule has 6 nitrogen and oxygen atoms in total. The fraction of sp³-hybridized carbons (Fsp3) is 0.263. The molecule has 0 atom stereocenters. The molecule has 130 valence electrons. The van der Waals surface area contributed by atoms with E-state index in [4.69, 9.17) is 0 Å². The van der Waals surface area contributed by atoms with Crippen molar-refractivity contribution >= 4 is 17.8 Å². The Kier molecular flexibility index (Phi) is 5.32. The van der Waals surface area contributed by atoms with E-state index >= 15 is 0 Å². The Morgan fingerprint density at radius 1 is 1.16 bits per heavy atom. The van der Waals surface area contributed by atoms with Crippen LogP contribution in [0.5, 0.6) is 0 Å². The zero-order valence-electron chi connectivity index (χ0n) is 14.7. The molecular weight excluding hydrogens is 318 g/mol. The highest BCUT2D eigenvalue weighted by Crippen LogP contribution is 2.22. The van der Waals surface area contributed by atoms with E-state index < -0.39 is 10.8 Å². The summed E-state index contributed by atoms with van der Waals surface area (Å²) >= 11 is 0. The van der Waals surface area contributed by atoms with E-state index in [0.717, 1.165) is 5.56 Å². The van der Waals surface area contributed by atoms with Gasteiger partial charge in [-0.2, -0.15) is 5.10 Å². The average molecular weight is 339 g/mol. The van der Waals surface area contributed by atoms with E-state index in [1.54, 1.807) is 13.1 Å². The predicted molar refractivity (Wildman–Crippen MR) is 98.0 cm³/mol. The van der Waals surface area contributed by atoms with Gasteiger partial charge in [-0.15, -0.1) is 0 Å². The Labute approximate surface area is 146 Å². The molecule has 0 heterocycles. The van der Waals surface area contributed by atoms with Gasteiger partial charge in [0.25, 0.3) is 11.6 Å². The zero-order valence-corrected chi connectivity index (χ0v) is 14.7. The number of carbonyl (C=O) groups is 1. The van der Waals surface area contributed by atoms with Crippen LogP contribution in [0.3, 0.4) is 0 Å². The van der Waals surface area contributed by atoms with Crippen molar-refractivity contribution in [3.63, 3.8) is 0 Å². The van der Waals surface area contributed by atoms with Crippen LogP contribution in [0.2, 0.25) is 0 Å². The second-order valence-electron chi connectivity index (χ2n) is 6.83. The van der Waals surface area contributed by atoms with Gasteiger partial charge < -0.3 is 0 Å². The van der Waals surface area contributed by atoms with Crippen molar-refractivity contribution in [3.05, 3.63) is 74.8 Å². The van der Waals surface area contributed by atoms with Crippen LogP contribution in [0.15, 0.2) is 47.6 Å². The Hall–Kier alpha value is -3.02. The van der Waals surface area contributed by atoms with E-state index in [2.05, 4.69) is 31.3 Å². The minimum absolute atomic E-state index is 0.0148. The van der Waals surface area contributed by atoms with Gasteiger partial charge >= 0.3 is 0 Å². The summed E-state index contributed by atoms with van der Waals surface area (Å²) < 4.78 is 0. The molecule has 2 rings (SSSR count). The summed E-state index contributed by atoms with van der Waals surface area (Å²) in [4.78, 5) is 22.4. The second-order valence-corrected chi connectivity index (χ2v) is 6.83. The minimum Gasteiger partial charge on any atom is -0.267 e. The fourth-order valence-electron chi connectivity index (χ4n) is 2.30. The SMILES string of the molecule is Cc1cc(C(=O)NN=Cc2ccc(C(C)(C)C)cc2)ccc1[N+](=O)[O-]. The fourth-order valence-corrected chi connectivity index (χ4v) is 2.30. The number of nitrogens with zero attached hydrogens (tertiary/aromatic N) is 2. The van der Waals surface area contributed by atoms with E-state index in [9.17, 15) is 14.9 Å². The molecule has 0 unspecified atom stereocenters. The number of hydrogen-bond donors (Lipinski definition) is 1. The number of nitro groups is 1. The number of rotatable bonds is 4. The van der Waals surface area contributed by atoms with Crippen LogP contribution in [0.1, 0.15) is 47.8 Å². The molecule has 0 aromatic heterocycles. The molecule has 0 saturated carbocycles. The quantitative estimate of drug-likeness (QED) is 0.520. The van der Waals surface area contributed by atoms with Gasteiger partial charge in [-0.1, -0.05) is 45.0 Å². The summed E-state index contributed by atoms with van der Waals surface area (Å²) in [7, 11) is 0. The van der Waals surface area contributed by atoms with Crippen molar-refractivity contribution in [3.8, 4) is 0 Å². The molecule has 1 N–H and O–H groups in total. The first-order valence-electron chi connectivity index (χ1n) is 7.87. The third-order valence-corrected chi connectivity index (χ3v) is 3.81. The zero-order chi connectivity index (χ0) is 18.6. The lowest BCUT2D eigenvalue weighted by Crippen LogP contribution is -2.17. The van der Waals surface area contributed by atoms with Gasteiger partial charge in [0.2, 0.25) is 0 Å². The molecular formula is C19H21N3O3. The molecule has 2 aromatic carbocycles. The molecule has 2 aromatic rings. The Bertz CT molecular complexity index is 819. The van der Waals surface area contributed by atoms with Crippen molar-refractivity contribution in [1.29, 1.82) is 0 Å². The number of nitrogens with one attached hydrogen (secondary N) is 1. The lowest BCUT2D eigenvalue weighted by Gasteiger charge is -2.18. The molecule has 1 amide bonds. The third-order valence-electron chi connectivity index (χ3n) is 3.81. The first-order chi connectivity index (χ1) is 11.7. The number of nitro benzene ring substituents is 1. The van der Waals surface area contributed by atoms with Gasteiger partial charge in [-0.3, -0.25) is 14.9 Å². The summed E-state index contributed by atoms with van der Waals surface area (Å²) in [6.45, 7) is 8.02. The summed E-state index contributed by atoms with van der Waals surface area (Å²) in [5.74, 6) is -0.416. The summed E-state index contributed by atoms with van der Waals surface area (Å²) in [5.41, 5.74) is 5.33. The van der Waals surface area contributed by atoms with Gasteiger partial charge in [0.05, 0.1) is 11.1 Å². The van der Waals surface area contributed by atoms with Crippen LogP contribution < -0.4 is 5.43 Å². The summed E-state index contributed by atoms with van der Waals surface area (Å²) in [6, 6.07) is 12.1. The number of carbonyl (C=O) groups excluding carboxylic acids is 1. The number of benzene rings is 2. The minimum atomic E-state index is -0.476. The van der Waals surface area contributed by atoms with E-state index in [0.29, 0.717) is 11.1 Å². The number of hydrazone groups is 1. The van der Waals surface area contributed by atoms with Crippen molar-refractivity contribution in [2.45, 2.75) is 33.1 Å². The number of aryl methyl sites for hydroxylation is 1. The molecule has 0 aliphatic rings. The number of hydrogen-bond acceptors (Lipinski definition) is 4. The lowest BCUT2D eigenvalue weighted by molar-refractivity contribution is -0.385. The van der Waals surface area contributed by atoms with Gasteiger partial charge in [0.15, 0.2) is 0 Å². The third kappa shape index (κ3) is 4.73. The smallest absolute Gasteiger partial charge is 0.267 e. The molecule has 0 radical (unpaired) electrons. The summed E-state index contributed by atoms with van der Waals surface area (Å²) in [5, 5.41) is 14.7. The van der Waals surface area contributed by atoms with Gasteiger partial charge in [-0.05, 0) is 35.6 Å². The maximum absolute atomic E-state index is 12.1. The van der Waals surface area contributed by atoms with Crippen molar-refractivity contribution in [1.82, 2.24) is 5.43 Å². The predicted octanol–water partition coefficient (Wildman–Crippen LogP) is 3.96. The maximum Gasteiger partial charge on any atom is 0.272 e. The largest absolute Gasteiger partial charge is 0.272 e. The standard InChI is InChI=1S/C19H21N3O3/c1-13-11-15(7-10-17(13)22(24)25)18(23)21-20-12-14-5-8-16(9-6-14)19(2,3)4/h5-12H,1-4H3,(H,21,23). The van der Waals surface area contributed by atoms with Crippen LogP contribution in [0.25, 0.3) is 0 Å². The molecule has 6 heteroatoms. The molecule has 0 fully saturated rings. The first-order valence-corrected chi connectivity index (χ1v) is 7.87. The summed E-state index contributed by atoms with van der Waals surface area (Å²) in [6.07, 6.45) is 1.56. The Morgan fingerprint density at radius 2 is 1.80 bits per heavy atom. The average Bonchev–Trinajstić information content (AvgIpc) is 2.54. The first kappa shape index (κ1) is 18.3. The molecule has 0 bridgehead atoms. The number of amides is 1. The van der Waals surface area contributed by atoms with Crippen LogP contribution >= 0.6 is 0 Å². The molecule has 25 heavy (non-hydrogen) atoms. The molecule has 0 aliphatic carbocycles. The Balaban J connectivity index is 2.03. The highest BCUT2D eigenvalue weighted by Gasteiger charge is 2.14. The molecule has 0 spiro atoms. The Morgan fingerprint density at radius 3 is 2.32 bits per heavy atom. The second kappa shape index (κ2) is 7.25. The van der Waals surface area contributed by atoms with Crippen LogP contribution in [0.4, 0.5) is 5.69 Å².